The lowest BCUT2D eigenvalue weighted by atomic mass is 9.96. The van der Waals surface area contributed by atoms with E-state index >= 15 is 0 Å². The molecule has 130 valence electrons. The summed E-state index contributed by atoms with van der Waals surface area (Å²) >= 11 is 0. The van der Waals surface area contributed by atoms with Gasteiger partial charge in [-0.2, -0.15) is 0 Å². The zero-order valence-electron chi connectivity index (χ0n) is 14.4. The van der Waals surface area contributed by atoms with Crippen molar-refractivity contribution in [3.8, 4) is 0 Å². The van der Waals surface area contributed by atoms with E-state index in [2.05, 4.69) is 4.72 Å². The lowest BCUT2D eigenvalue weighted by Crippen LogP contribution is -2.14. The van der Waals surface area contributed by atoms with E-state index in [9.17, 15) is 8.42 Å². The number of benzene rings is 2. The molecule has 0 saturated carbocycles. The highest BCUT2D eigenvalue weighted by atomic mass is 32.2. The molecule has 2 aromatic carbocycles. The Bertz CT molecular complexity index is 1060. The van der Waals surface area contributed by atoms with E-state index in [0.717, 1.165) is 53.5 Å². The van der Waals surface area contributed by atoms with Crippen molar-refractivity contribution in [2.45, 2.75) is 44.4 Å². The van der Waals surface area contributed by atoms with Gasteiger partial charge in [0.15, 0.2) is 0 Å². The fraction of sp³-hybridized carbons (Fsp3) is 0.300. The van der Waals surface area contributed by atoms with Crippen molar-refractivity contribution in [3.05, 3.63) is 58.8 Å². The maximum atomic E-state index is 12.8. The second-order valence-corrected chi connectivity index (χ2v) is 8.45. The number of aryl methyl sites for hydroxylation is 4. The first-order valence-electron chi connectivity index (χ1n) is 8.58. The number of nitrogens with one attached hydrogen (secondary N) is 1. The van der Waals surface area contributed by atoms with Gasteiger partial charge in [-0.3, -0.25) is 4.72 Å². The lowest BCUT2D eigenvalue weighted by molar-refractivity contribution is 0.506. The largest absolute Gasteiger partial charge is 0.461 e. The van der Waals surface area contributed by atoms with E-state index in [1.54, 1.807) is 12.1 Å². The molecule has 4 nitrogen and oxygen atoms in total. The molecule has 1 aliphatic rings. The summed E-state index contributed by atoms with van der Waals surface area (Å²) in [5.41, 5.74) is 4.42. The maximum absolute atomic E-state index is 12.8. The number of sulfonamides is 1. The standard InChI is InChI=1S/C20H21NO3S/c1-13-7-10-20(14(2)11-13)25(22,23)21-15-8-9-19-17(12-15)16-5-3-4-6-18(16)24-19/h7-12,21H,3-6H2,1-2H3. The second-order valence-electron chi connectivity index (χ2n) is 6.80. The van der Waals surface area contributed by atoms with Crippen LogP contribution < -0.4 is 4.72 Å². The number of fused-ring (bicyclic) bond motifs is 3. The molecule has 0 fully saturated rings. The molecule has 0 amide bonds. The molecule has 5 heteroatoms. The van der Waals surface area contributed by atoms with Crippen LogP contribution in [0.2, 0.25) is 0 Å². The van der Waals surface area contributed by atoms with E-state index in [-0.39, 0.29) is 0 Å². The third-order valence-corrected chi connectivity index (χ3v) is 6.37. The highest BCUT2D eigenvalue weighted by Crippen LogP contribution is 2.34. The van der Waals surface area contributed by atoms with Crippen LogP contribution in [0, 0.1) is 13.8 Å². The predicted molar refractivity (Wildman–Crippen MR) is 99.6 cm³/mol. The van der Waals surface area contributed by atoms with Crippen LogP contribution in [0.5, 0.6) is 0 Å². The molecule has 1 heterocycles. The Morgan fingerprint density at radius 2 is 1.80 bits per heavy atom. The minimum atomic E-state index is -3.61. The molecule has 0 atom stereocenters. The zero-order chi connectivity index (χ0) is 17.6. The third kappa shape index (κ3) is 2.93. The monoisotopic (exact) mass is 355 g/mol. The molecule has 4 rings (SSSR count). The van der Waals surface area contributed by atoms with Crippen LogP contribution >= 0.6 is 0 Å². The van der Waals surface area contributed by atoms with Crippen LogP contribution in [0.3, 0.4) is 0 Å². The Hall–Kier alpha value is -2.27. The molecule has 0 radical (unpaired) electrons. The molecular weight excluding hydrogens is 334 g/mol. The summed E-state index contributed by atoms with van der Waals surface area (Å²) in [6.45, 7) is 3.77. The highest BCUT2D eigenvalue weighted by Gasteiger charge is 2.20. The SMILES string of the molecule is Cc1ccc(S(=O)(=O)Nc2ccc3oc4c(c3c2)CCCC4)c(C)c1. The first kappa shape index (κ1) is 16.2. The van der Waals surface area contributed by atoms with Crippen LogP contribution in [0.4, 0.5) is 5.69 Å². The molecule has 0 bridgehead atoms. The van der Waals surface area contributed by atoms with Gasteiger partial charge in [-0.15, -0.1) is 0 Å². The Morgan fingerprint density at radius 1 is 1.00 bits per heavy atom. The first-order chi connectivity index (χ1) is 11.9. The molecule has 0 unspecified atom stereocenters. The van der Waals surface area contributed by atoms with Crippen LogP contribution in [0.15, 0.2) is 45.7 Å². The van der Waals surface area contributed by atoms with Gasteiger partial charge in [-0.05, 0) is 62.9 Å². The van der Waals surface area contributed by atoms with Crippen LogP contribution in [0.25, 0.3) is 11.0 Å². The minimum Gasteiger partial charge on any atom is -0.461 e. The Balaban J connectivity index is 1.72. The van der Waals surface area contributed by atoms with Gasteiger partial charge in [-0.1, -0.05) is 17.7 Å². The molecule has 25 heavy (non-hydrogen) atoms. The predicted octanol–water partition coefficient (Wildman–Crippen LogP) is 4.73. The van der Waals surface area contributed by atoms with Gasteiger partial charge in [0.1, 0.15) is 11.3 Å². The Kier molecular flexibility index (Phi) is 3.84. The van der Waals surface area contributed by atoms with E-state index < -0.39 is 10.0 Å². The van der Waals surface area contributed by atoms with Crippen molar-refractivity contribution in [2.75, 3.05) is 4.72 Å². The van der Waals surface area contributed by atoms with Crippen molar-refractivity contribution in [3.63, 3.8) is 0 Å². The van der Waals surface area contributed by atoms with Crippen LogP contribution in [0.1, 0.15) is 35.3 Å². The first-order valence-corrected chi connectivity index (χ1v) is 10.1. The van der Waals surface area contributed by atoms with Gasteiger partial charge in [-0.25, -0.2) is 8.42 Å². The number of rotatable bonds is 3. The molecule has 0 aliphatic heterocycles. The molecule has 0 spiro atoms. The van der Waals surface area contributed by atoms with E-state index in [1.165, 1.54) is 5.56 Å². The van der Waals surface area contributed by atoms with Crippen LogP contribution in [-0.4, -0.2) is 8.42 Å². The van der Waals surface area contributed by atoms with Gasteiger partial charge in [0.05, 0.1) is 4.90 Å². The minimum absolute atomic E-state index is 0.312. The molecule has 0 saturated heterocycles. The fourth-order valence-corrected chi connectivity index (χ4v) is 4.91. The third-order valence-electron chi connectivity index (χ3n) is 4.83. The van der Waals surface area contributed by atoms with Crippen molar-refractivity contribution in [2.24, 2.45) is 0 Å². The second kappa shape index (κ2) is 5.92. The fourth-order valence-electron chi connectivity index (χ4n) is 3.64. The lowest BCUT2D eigenvalue weighted by Gasteiger charge is -2.11. The summed E-state index contributed by atoms with van der Waals surface area (Å²) in [6.07, 6.45) is 4.27. The molecule has 1 aliphatic carbocycles. The quantitative estimate of drug-likeness (QED) is 0.739. The van der Waals surface area contributed by atoms with Gasteiger partial charge in [0, 0.05) is 23.1 Å². The molecule has 3 aromatic rings. The average Bonchev–Trinajstić information content (AvgIpc) is 2.92. The van der Waals surface area contributed by atoms with Gasteiger partial charge < -0.3 is 4.42 Å². The Labute approximate surface area is 147 Å². The number of hydrogen-bond acceptors (Lipinski definition) is 3. The van der Waals surface area contributed by atoms with Gasteiger partial charge in [0.25, 0.3) is 10.0 Å². The van der Waals surface area contributed by atoms with Crippen LogP contribution in [-0.2, 0) is 22.9 Å². The number of anilines is 1. The average molecular weight is 355 g/mol. The maximum Gasteiger partial charge on any atom is 0.262 e. The number of hydrogen-bond donors (Lipinski definition) is 1. The Morgan fingerprint density at radius 3 is 2.60 bits per heavy atom. The molecule has 1 N–H and O–H groups in total. The van der Waals surface area contributed by atoms with Crippen molar-refractivity contribution in [1.82, 2.24) is 0 Å². The molecular formula is C20H21NO3S. The summed E-state index contributed by atoms with van der Waals surface area (Å²) in [5, 5.41) is 1.02. The highest BCUT2D eigenvalue weighted by molar-refractivity contribution is 7.92. The van der Waals surface area contributed by atoms with E-state index in [0.29, 0.717) is 10.6 Å². The number of furan rings is 1. The smallest absolute Gasteiger partial charge is 0.262 e. The van der Waals surface area contributed by atoms with E-state index in [4.69, 9.17) is 4.42 Å². The van der Waals surface area contributed by atoms with Gasteiger partial charge >= 0.3 is 0 Å². The van der Waals surface area contributed by atoms with E-state index in [1.807, 2.05) is 38.1 Å². The van der Waals surface area contributed by atoms with Crippen molar-refractivity contribution in [1.29, 1.82) is 0 Å². The summed E-state index contributed by atoms with van der Waals surface area (Å²) in [6, 6.07) is 10.9. The summed E-state index contributed by atoms with van der Waals surface area (Å²) in [4.78, 5) is 0.312. The van der Waals surface area contributed by atoms with Gasteiger partial charge in [0.2, 0.25) is 0 Å². The summed E-state index contributed by atoms with van der Waals surface area (Å²) in [5.74, 6) is 1.05. The molecule has 1 aromatic heterocycles. The topological polar surface area (TPSA) is 59.3 Å². The van der Waals surface area contributed by atoms with Crippen molar-refractivity contribution >= 4 is 26.7 Å². The summed E-state index contributed by atoms with van der Waals surface area (Å²) in [7, 11) is -3.61. The zero-order valence-corrected chi connectivity index (χ0v) is 15.2. The van der Waals surface area contributed by atoms with Crippen molar-refractivity contribution < 1.29 is 12.8 Å². The normalized spacial score (nSPS) is 14.5. The summed E-state index contributed by atoms with van der Waals surface area (Å²) < 4.78 is 34.2.